The Bertz CT molecular complexity index is 230. The second-order valence-electron chi connectivity index (χ2n) is 4.51. The number of aliphatic carboxylic acids is 1. The van der Waals surface area contributed by atoms with Crippen LogP contribution in [-0.4, -0.2) is 34.8 Å². The van der Waals surface area contributed by atoms with Gasteiger partial charge in [-0.05, 0) is 43.8 Å². The highest BCUT2D eigenvalue weighted by atomic mass is 32.2. The van der Waals surface area contributed by atoms with Gasteiger partial charge < -0.3 is 9.84 Å². The fourth-order valence-corrected chi connectivity index (χ4v) is 3.98. The molecule has 0 aromatic carbocycles. The fraction of sp³-hybridized carbons (Fsp3) is 0.909. The second-order valence-corrected chi connectivity index (χ2v) is 5.99. The van der Waals surface area contributed by atoms with Gasteiger partial charge in [0.15, 0.2) is 0 Å². The Morgan fingerprint density at radius 3 is 2.73 bits per heavy atom. The van der Waals surface area contributed by atoms with Crippen LogP contribution in [0.5, 0.6) is 0 Å². The molecule has 1 unspecified atom stereocenters. The van der Waals surface area contributed by atoms with Gasteiger partial charge in [-0.3, -0.25) is 4.79 Å². The molecular weight excluding hydrogens is 212 g/mol. The van der Waals surface area contributed by atoms with Gasteiger partial charge in [-0.25, -0.2) is 0 Å². The SMILES string of the molecule is O=C(O)C1(CC2CCOCC2)CCCS1. The molecule has 2 aliphatic rings. The molecule has 2 aliphatic heterocycles. The van der Waals surface area contributed by atoms with Gasteiger partial charge in [0.05, 0.1) is 0 Å². The average molecular weight is 230 g/mol. The first kappa shape index (κ1) is 11.3. The van der Waals surface area contributed by atoms with E-state index in [9.17, 15) is 9.90 Å². The third kappa shape index (κ3) is 2.48. The quantitative estimate of drug-likeness (QED) is 0.807. The molecule has 2 fully saturated rings. The first-order valence-electron chi connectivity index (χ1n) is 5.68. The van der Waals surface area contributed by atoms with Crippen LogP contribution >= 0.6 is 11.8 Å². The van der Waals surface area contributed by atoms with Gasteiger partial charge in [0.1, 0.15) is 4.75 Å². The molecule has 0 amide bonds. The zero-order chi connectivity index (χ0) is 10.7. The van der Waals surface area contributed by atoms with Crippen LogP contribution in [0.3, 0.4) is 0 Å². The van der Waals surface area contributed by atoms with Gasteiger partial charge in [0.25, 0.3) is 0 Å². The van der Waals surface area contributed by atoms with Crippen LogP contribution in [0.4, 0.5) is 0 Å². The number of hydrogen-bond donors (Lipinski definition) is 1. The zero-order valence-corrected chi connectivity index (χ0v) is 9.72. The van der Waals surface area contributed by atoms with Crippen molar-refractivity contribution in [3.05, 3.63) is 0 Å². The number of rotatable bonds is 3. The molecule has 2 heterocycles. The van der Waals surface area contributed by atoms with E-state index in [0.717, 1.165) is 51.1 Å². The lowest BCUT2D eigenvalue weighted by molar-refractivity contribution is -0.140. The minimum atomic E-state index is -0.600. The van der Waals surface area contributed by atoms with Crippen molar-refractivity contribution in [1.29, 1.82) is 0 Å². The lowest BCUT2D eigenvalue weighted by atomic mass is 9.86. The topological polar surface area (TPSA) is 46.5 Å². The Morgan fingerprint density at radius 1 is 1.47 bits per heavy atom. The van der Waals surface area contributed by atoms with Crippen molar-refractivity contribution < 1.29 is 14.6 Å². The maximum absolute atomic E-state index is 11.3. The van der Waals surface area contributed by atoms with Crippen molar-refractivity contribution in [1.82, 2.24) is 0 Å². The summed E-state index contributed by atoms with van der Waals surface area (Å²) in [7, 11) is 0. The maximum atomic E-state index is 11.3. The van der Waals surface area contributed by atoms with Crippen molar-refractivity contribution in [3.63, 3.8) is 0 Å². The molecule has 0 spiro atoms. The molecule has 2 rings (SSSR count). The van der Waals surface area contributed by atoms with Crippen molar-refractivity contribution in [2.75, 3.05) is 19.0 Å². The van der Waals surface area contributed by atoms with E-state index >= 15 is 0 Å². The second kappa shape index (κ2) is 4.74. The van der Waals surface area contributed by atoms with E-state index in [4.69, 9.17) is 4.74 Å². The molecule has 4 heteroatoms. The molecule has 0 aromatic rings. The minimum Gasteiger partial charge on any atom is -0.480 e. The van der Waals surface area contributed by atoms with E-state index in [1.807, 2.05) is 0 Å². The Hall–Kier alpha value is -0.220. The van der Waals surface area contributed by atoms with Crippen LogP contribution in [0.25, 0.3) is 0 Å². The van der Waals surface area contributed by atoms with Gasteiger partial charge in [-0.1, -0.05) is 0 Å². The molecule has 2 saturated heterocycles. The molecule has 0 saturated carbocycles. The summed E-state index contributed by atoms with van der Waals surface area (Å²) in [5, 5.41) is 9.34. The number of thioether (sulfide) groups is 1. The van der Waals surface area contributed by atoms with Crippen LogP contribution in [0.1, 0.15) is 32.1 Å². The summed E-state index contributed by atoms with van der Waals surface area (Å²) >= 11 is 1.65. The van der Waals surface area contributed by atoms with E-state index in [1.165, 1.54) is 0 Å². The first-order chi connectivity index (χ1) is 7.23. The lowest BCUT2D eigenvalue weighted by Gasteiger charge is -2.30. The third-order valence-electron chi connectivity index (χ3n) is 3.45. The maximum Gasteiger partial charge on any atom is 0.319 e. The number of ether oxygens (including phenoxy) is 1. The predicted molar refractivity (Wildman–Crippen MR) is 60.2 cm³/mol. The fourth-order valence-electron chi connectivity index (χ4n) is 2.53. The van der Waals surface area contributed by atoms with E-state index in [0.29, 0.717) is 5.92 Å². The van der Waals surface area contributed by atoms with Crippen LogP contribution in [-0.2, 0) is 9.53 Å². The van der Waals surface area contributed by atoms with Gasteiger partial charge in [0, 0.05) is 13.2 Å². The monoisotopic (exact) mass is 230 g/mol. The van der Waals surface area contributed by atoms with E-state index < -0.39 is 10.7 Å². The minimum absolute atomic E-state index is 0.470. The van der Waals surface area contributed by atoms with Gasteiger partial charge in [-0.15, -0.1) is 11.8 Å². The Balaban J connectivity index is 1.96. The molecule has 15 heavy (non-hydrogen) atoms. The lowest BCUT2D eigenvalue weighted by Crippen LogP contribution is -2.36. The Labute approximate surface area is 94.6 Å². The predicted octanol–water partition coefficient (Wildman–Crippen LogP) is 2.15. The average Bonchev–Trinajstić information content (AvgIpc) is 2.69. The molecule has 0 radical (unpaired) electrons. The van der Waals surface area contributed by atoms with Crippen molar-refractivity contribution >= 4 is 17.7 Å². The molecule has 1 N–H and O–H groups in total. The number of carboxylic acid groups (broad SMARTS) is 1. The largest absolute Gasteiger partial charge is 0.480 e. The number of carboxylic acids is 1. The van der Waals surface area contributed by atoms with E-state index in [-0.39, 0.29) is 0 Å². The first-order valence-corrected chi connectivity index (χ1v) is 6.67. The molecular formula is C11H18O3S. The summed E-state index contributed by atoms with van der Waals surface area (Å²) in [4.78, 5) is 11.3. The van der Waals surface area contributed by atoms with Gasteiger partial charge in [0.2, 0.25) is 0 Å². The molecule has 86 valence electrons. The Kier molecular flexibility index (Phi) is 3.57. The summed E-state index contributed by atoms with van der Waals surface area (Å²) in [5.41, 5.74) is 0. The highest BCUT2D eigenvalue weighted by Gasteiger charge is 2.43. The van der Waals surface area contributed by atoms with Crippen molar-refractivity contribution in [3.8, 4) is 0 Å². The smallest absolute Gasteiger partial charge is 0.319 e. The van der Waals surface area contributed by atoms with Crippen LogP contribution in [0, 0.1) is 5.92 Å². The normalized spacial score (nSPS) is 33.1. The number of hydrogen-bond acceptors (Lipinski definition) is 3. The summed E-state index contributed by atoms with van der Waals surface area (Å²) in [5.74, 6) is 0.965. The van der Waals surface area contributed by atoms with Gasteiger partial charge >= 0.3 is 5.97 Å². The van der Waals surface area contributed by atoms with Crippen LogP contribution < -0.4 is 0 Å². The molecule has 3 nitrogen and oxygen atoms in total. The number of carbonyl (C=O) groups is 1. The third-order valence-corrected chi connectivity index (χ3v) is 5.04. The van der Waals surface area contributed by atoms with E-state index in [2.05, 4.69) is 0 Å². The standard InChI is InChI=1S/C11H18O3S/c12-10(13)11(4-1-7-15-11)8-9-2-5-14-6-3-9/h9H,1-8H2,(H,12,13). The van der Waals surface area contributed by atoms with Crippen molar-refractivity contribution in [2.24, 2.45) is 5.92 Å². The summed E-state index contributed by atoms with van der Waals surface area (Å²) < 4.78 is 4.83. The zero-order valence-electron chi connectivity index (χ0n) is 8.91. The highest BCUT2D eigenvalue weighted by Crippen LogP contribution is 2.44. The highest BCUT2D eigenvalue weighted by molar-refractivity contribution is 8.01. The molecule has 0 aliphatic carbocycles. The van der Waals surface area contributed by atoms with Gasteiger partial charge in [-0.2, -0.15) is 0 Å². The van der Waals surface area contributed by atoms with Crippen LogP contribution in [0.15, 0.2) is 0 Å². The summed E-state index contributed by atoms with van der Waals surface area (Å²) in [6.45, 7) is 1.62. The molecule has 0 bridgehead atoms. The molecule has 0 aromatic heterocycles. The molecule has 1 atom stereocenters. The van der Waals surface area contributed by atoms with Crippen LogP contribution in [0.2, 0.25) is 0 Å². The van der Waals surface area contributed by atoms with E-state index in [1.54, 1.807) is 11.8 Å². The van der Waals surface area contributed by atoms with Crippen molar-refractivity contribution in [2.45, 2.75) is 36.9 Å². The Morgan fingerprint density at radius 2 is 2.20 bits per heavy atom. The summed E-state index contributed by atoms with van der Waals surface area (Å²) in [6.07, 6.45) is 4.83. The summed E-state index contributed by atoms with van der Waals surface area (Å²) in [6, 6.07) is 0.